The van der Waals surface area contributed by atoms with Crippen LogP contribution in [0, 0.1) is 6.92 Å². The summed E-state index contributed by atoms with van der Waals surface area (Å²) in [5.74, 6) is -0.686. The lowest BCUT2D eigenvalue weighted by atomic mass is 9.30. The lowest BCUT2D eigenvalue weighted by molar-refractivity contribution is -0.137. The van der Waals surface area contributed by atoms with Gasteiger partial charge in [0.1, 0.15) is 0 Å². The molecule has 1 N–H and O–H groups in total. The Bertz CT molecular complexity index is 2120. The fourth-order valence-corrected chi connectivity index (χ4v) is 8.70. The van der Waals surface area contributed by atoms with Crippen molar-refractivity contribution in [3.63, 3.8) is 0 Å². The molecule has 5 heteroatoms. The van der Waals surface area contributed by atoms with E-state index >= 15 is 0 Å². The van der Waals surface area contributed by atoms with Gasteiger partial charge in [0, 0.05) is 23.5 Å². The van der Waals surface area contributed by atoms with Crippen LogP contribution in [0.1, 0.15) is 109 Å². The summed E-state index contributed by atoms with van der Waals surface area (Å²) in [6, 6.07) is 40.2. The smallest absolute Gasteiger partial charge is 0.303 e. The van der Waals surface area contributed by atoms with E-state index in [1.807, 2.05) is 0 Å². The molecule has 2 heterocycles. The number of carboxylic acid groups (broad SMARTS) is 1. The second kappa shape index (κ2) is 14.7. The predicted molar refractivity (Wildman–Crippen MR) is 229 cm³/mol. The van der Waals surface area contributed by atoms with Crippen molar-refractivity contribution in [2.45, 2.75) is 111 Å². The van der Waals surface area contributed by atoms with Crippen LogP contribution in [0.4, 0.5) is 17.1 Å². The summed E-state index contributed by atoms with van der Waals surface area (Å²) in [5, 5.41) is 8.93. The van der Waals surface area contributed by atoms with Gasteiger partial charge < -0.3 is 10.0 Å². The van der Waals surface area contributed by atoms with Crippen molar-refractivity contribution < 1.29 is 9.90 Å². The number of fused-ring (bicyclic) bond motifs is 4. The average molecular weight is 700 g/mol. The van der Waals surface area contributed by atoms with Gasteiger partial charge in [-0.1, -0.05) is 175 Å². The molecule has 53 heavy (non-hydrogen) atoms. The van der Waals surface area contributed by atoms with E-state index in [2.05, 4.69) is 156 Å². The molecule has 0 aliphatic carbocycles. The van der Waals surface area contributed by atoms with Crippen LogP contribution < -0.4 is 37.7 Å². The highest BCUT2D eigenvalue weighted by Crippen LogP contribution is 2.39. The zero-order chi connectivity index (χ0) is 37.5. The van der Waals surface area contributed by atoms with E-state index in [4.69, 9.17) is 5.11 Å². The van der Waals surface area contributed by atoms with E-state index in [0.29, 0.717) is 0 Å². The number of aryl methyl sites for hydroxylation is 2. The Morgan fingerprint density at radius 3 is 1.89 bits per heavy atom. The standard InChI is InChI=1S/C48H55B2NO2/c1-33-22-29-43-42(30-33)49(37-26-23-35(24-27-37)47(2,3)4)40-19-15-20-41-46(40)51(43)44-32-36(48(5,6)7)25-28-39(44)50(41)38-18-14-17-34(31-38)16-12-10-8-9-11-13-21-45(52)53/h14-15,17-20,22-32H,8-13,16,21H2,1-7H3,(H,52,53). The normalized spacial score (nSPS) is 13.5. The van der Waals surface area contributed by atoms with Crippen LogP contribution >= 0.6 is 0 Å². The molecule has 3 nitrogen and oxygen atoms in total. The van der Waals surface area contributed by atoms with Gasteiger partial charge in [-0.3, -0.25) is 4.79 Å². The van der Waals surface area contributed by atoms with Crippen molar-refractivity contribution >= 4 is 69.2 Å². The van der Waals surface area contributed by atoms with Gasteiger partial charge in [0.2, 0.25) is 13.4 Å². The molecule has 0 radical (unpaired) electrons. The molecule has 0 amide bonds. The van der Waals surface area contributed by atoms with E-state index in [1.165, 1.54) is 84.9 Å². The minimum absolute atomic E-state index is 0.0176. The van der Waals surface area contributed by atoms with Crippen LogP contribution in [0.15, 0.2) is 103 Å². The molecule has 5 aromatic rings. The predicted octanol–water partition coefficient (Wildman–Crippen LogP) is 8.08. The molecular formula is C48H55B2NO2. The number of carbonyl (C=O) groups is 1. The first-order valence-electron chi connectivity index (χ1n) is 19.9. The molecule has 5 aromatic carbocycles. The van der Waals surface area contributed by atoms with E-state index in [9.17, 15) is 4.79 Å². The lowest BCUT2D eigenvalue weighted by Gasteiger charge is -2.44. The van der Waals surface area contributed by atoms with Crippen LogP contribution in [-0.2, 0) is 22.0 Å². The van der Waals surface area contributed by atoms with Crippen molar-refractivity contribution in [3.8, 4) is 0 Å². The monoisotopic (exact) mass is 699 g/mol. The maximum atomic E-state index is 10.8. The third-order valence-electron chi connectivity index (χ3n) is 11.6. The SMILES string of the molecule is Cc1ccc2c(c1)B(c1ccc(C(C)(C)C)cc1)c1cccc3c1N2c1cc(C(C)(C)C)ccc1B3c1cccc(CCCCCCCCC(=O)O)c1. The summed E-state index contributed by atoms with van der Waals surface area (Å²) in [7, 11) is 0. The fourth-order valence-electron chi connectivity index (χ4n) is 8.70. The summed E-state index contributed by atoms with van der Waals surface area (Å²) in [6.07, 6.45) is 7.74. The Hall–Kier alpha value is -4.50. The number of unbranched alkanes of at least 4 members (excludes halogenated alkanes) is 5. The summed E-state index contributed by atoms with van der Waals surface area (Å²) < 4.78 is 0. The van der Waals surface area contributed by atoms with Crippen molar-refractivity contribution in [3.05, 3.63) is 125 Å². The molecule has 2 aliphatic rings. The molecule has 0 bridgehead atoms. The van der Waals surface area contributed by atoms with Gasteiger partial charge in [0.15, 0.2) is 0 Å². The maximum absolute atomic E-state index is 10.8. The Morgan fingerprint density at radius 2 is 1.21 bits per heavy atom. The number of hydrogen-bond acceptors (Lipinski definition) is 2. The van der Waals surface area contributed by atoms with Crippen molar-refractivity contribution in [1.29, 1.82) is 0 Å². The third-order valence-corrected chi connectivity index (χ3v) is 11.6. The Morgan fingerprint density at radius 1 is 0.585 bits per heavy atom. The van der Waals surface area contributed by atoms with Gasteiger partial charge in [-0.15, -0.1) is 0 Å². The zero-order valence-electron chi connectivity index (χ0n) is 32.9. The van der Waals surface area contributed by atoms with Crippen LogP contribution in [0.2, 0.25) is 0 Å². The number of rotatable bonds is 11. The minimum Gasteiger partial charge on any atom is -0.481 e. The first-order chi connectivity index (χ1) is 25.3. The number of hydrogen-bond donors (Lipinski definition) is 1. The number of nitrogens with zero attached hydrogens (tertiary/aromatic N) is 1. The van der Waals surface area contributed by atoms with E-state index in [0.717, 1.165) is 32.1 Å². The number of carboxylic acids is 1. The molecule has 0 spiro atoms. The molecular weight excluding hydrogens is 644 g/mol. The van der Waals surface area contributed by atoms with Crippen LogP contribution in [0.3, 0.4) is 0 Å². The number of para-hydroxylation sites is 1. The van der Waals surface area contributed by atoms with E-state index in [1.54, 1.807) is 0 Å². The van der Waals surface area contributed by atoms with Gasteiger partial charge in [0.05, 0.1) is 0 Å². The lowest BCUT2D eigenvalue weighted by Crippen LogP contribution is -2.65. The van der Waals surface area contributed by atoms with E-state index < -0.39 is 5.97 Å². The molecule has 7 rings (SSSR count). The first kappa shape index (κ1) is 36.8. The second-order valence-corrected chi connectivity index (χ2v) is 17.7. The van der Waals surface area contributed by atoms with Crippen molar-refractivity contribution in [2.75, 3.05) is 4.90 Å². The molecule has 0 fully saturated rings. The Labute approximate surface area is 319 Å². The quantitative estimate of drug-likeness (QED) is 0.110. The van der Waals surface area contributed by atoms with Crippen LogP contribution in [0.5, 0.6) is 0 Å². The van der Waals surface area contributed by atoms with Gasteiger partial charge in [0.25, 0.3) is 0 Å². The second-order valence-electron chi connectivity index (χ2n) is 17.7. The summed E-state index contributed by atoms with van der Waals surface area (Å²) in [4.78, 5) is 13.4. The highest BCUT2D eigenvalue weighted by molar-refractivity contribution is 7.02. The molecule has 0 atom stereocenters. The number of anilines is 3. The van der Waals surface area contributed by atoms with Crippen molar-refractivity contribution in [1.82, 2.24) is 0 Å². The zero-order valence-corrected chi connectivity index (χ0v) is 32.9. The fraction of sp³-hybridized carbons (Fsp3) is 0.354. The highest BCUT2D eigenvalue weighted by atomic mass is 16.4. The summed E-state index contributed by atoms with van der Waals surface area (Å²) in [5.41, 5.74) is 17.6. The van der Waals surface area contributed by atoms with Gasteiger partial charge in [-0.05, 0) is 87.7 Å². The van der Waals surface area contributed by atoms with Crippen molar-refractivity contribution in [2.24, 2.45) is 0 Å². The molecule has 0 aromatic heterocycles. The van der Waals surface area contributed by atoms with Gasteiger partial charge in [-0.25, -0.2) is 0 Å². The Kier molecular flexibility index (Phi) is 10.2. The summed E-state index contributed by atoms with van der Waals surface area (Å²) in [6.45, 7) is 16.3. The topological polar surface area (TPSA) is 40.5 Å². The largest absolute Gasteiger partial charge is 0.481 e. The highest BCUT2D eigenvalue weighted by Gasteiger charge is 2.43. The minimum atomic E-state index is -0.686. The molecule has 0 unspecified atom stereocenters. The van der Waals surface area contributed by atoms with Crippen LogP contribution in [0.25, 0.3) is 0 Å². The third kappa shape index (κ3) is 7.50. The first-order valence-corrected chi connectivity index (χ1v) is 19.9. The molecule has 0 saturated carbocycles. The number of aliphatic carboxylic acids is 1. The molecule has 0 saturated heterocycles. The maximum Gasteiger partial charge on any atom is 0.303 e. The molecule has 2 aliphatic heterocycles. The number of benzene rings is 5. The van der Waals surface area contributed by atoms with Crippen LogP contribution in [-0.4, -0.2) is 24.5 Å². The van der Waals surface area contributed by atoms with E-state index in [-0.39, 0.29) is 30.7 Å². The average Bonchev–Trinajstić information content (AvgIpc) is 3.11. The molecule has 270 valence electrons. The van der Waals surface area contributed by atoms with Gasteiger partial charge >= 0.3 is 5.97 Å². The van der Waals surface area contributed by atoms with Gasteiger partial charge in [-0.2, -0.15) is 0 Å². The Balaban J connectivity index is 1.31. The summed E-state index contributed by atoms with van der Waals surface area (Å²) >= 11 is 0.